The molecule has 0 radical (unpaired) electrons. The summed E-state index contributed by atoms with van der Waals surface area (Å²) < 4.78 is 4.96. The van der Waals surface area contributed by atoms with E-state index in [2.05, 4.69) is 0 Å². The van der Waals surface area contributed by atoms with Crippen LogP contribution in [0.4, 0.5) is 5.69 Å². The largest absolute Gasteiger partial charge is 0.466 e. The molecule has 3 heteroatoms. The number of carbonyl (C=O) groups excluding carboxylic acids is 1. The molecule has 0 saturated carbocycles. The molecule has 1 aliphatic carbocycles. The average Bonchev–Trinajstić information content (AvgIpc) is 2.09. The maximum Gasteiger partial charge on any atom is 0.313 e. The van der Waals surface area contributed by atoms with Crippen molar-refractivity contribution >= 4 is 11.7 Å². The molecule has 1 unspecified atom stereocenters. The minimum Gasteiger partial charge on any atom is -0.466 e. The van der Waals surface area contributed by atoms with Crippen molar-refractivity contribution < 1.29 is 9.53 Å². The van der Waals surface area contributed by atoms with E-state index in [9.17, 15) is 4.79 Å². The van der Waals surface area contributed by atoms with Crippen molar-refractivity contribution in [3.05, 3.63) is 29.3 Å². The highest BCUT2D eigenvalue weighted by Gasteiger charge is 2.34. The molecule has 0 bridgehead atoms. The quantitative estimate of drug-likeness (QED) is 0.569. The van der Waals surface area contributed by atoms with Crippen LogP contribution in [0.25, 0.3) is 0 Å². The Bertz CT molecular complexity index is 374. The molecule has 1 aromatic rings. The van der Waals surface area contributed by atoms with Gasteiger partial charge in [-0.05, 0) is 30.5 Å². The predicted octanol–water partition coefficient (Wildman–Crippen LogP) is 1.47. The summed E-state index contributed by atoms with van der Waals surface area (Å²) in [4.78, 5) is 11.4. The topological polar surface area (TPSA) is 52.3 Å². The minimum absolute atomic E-state index is 0.0894. The normalized spacial score (nSPS) is 18.2. The highest BCUT2D eigenvalue weighted by Crippen LogP contribution is 2.39. The van der Waals surface area contributed by atoms with Crippen molar-refractivity contribution in [1.82, 2.24) is 0 Å². The summed E-state index contributed by atoms with van der Waals surface area (Å²) in [6.07, 6.45) is 0.723. The van der Waals surface area contributed by atoms with Gasteiger partial charge < -0.3 is 10.5 Å². The molecule has 0 fully saturated rings. The number of hydrogen-bond donors (Lipinski definition) is 1. The maximum absolute atomic E-state index is 11.4. The fourth-order valence-electron chi connectivity index (χ4n) is 1.82. The monoisotopic (exact) mass is 191 g/mol. The first-order valence-electron chi connectivity index (χ1n) is 4.78. The van der Waals surface area contributed by atoms with E-state index in [1.807, 2.05) is 25.1 Å². The van der Waals surface area contributed by atoms with Crippen LogP contribution in [-0.2, 0) is 16.0 Å². The van der Waals surface area contributed by atoms with E-state index in [0.717, 1.165) is 23.2 Å². The Balaban J connectivity index is 2.20. The molecule has 3 nitrogen and oxygen atoms in total. The third-order valence-electron chi connectivity index (χ3n) is 2.60. The molecule has 2 N–H and O–H groups in total. The van der Waals surface area contributed by atoms with E-state index < -0.39 is 0 Å². The van der Waals surface area contributed by atoms with Gasteiger partial charge in [-0.15, -0.1) is 0 Å². The predicted molar refractivity (Wildman–Crippen MR) is 53.9 cm³/mol. The molecule has 0 spiro atoms. The fourth-order valence-corrected chi connectivity index (χ4v) is 1.82. The van der Waals surface area contributed by atoms with Gasteiger partial charge in [0.25, 0.3) is 0 Å². The molecule has 0 amide bonds. The molecule has 14 heavy (non-hydrogen) atoms. The number of benzene rings is 1. The summed E-state index contributed by atoms with van der Waals surface area (Å²) in [5.41, 5.74) is 8.67. The molecule has 0 saturated heterocycles. The molecular formula is C11H13NO2. The van der Waals surface area contributed by atoms with Crippen molar-refractivity contribution in [2.75, 3.05) is 12.3 Å². The Hall–Kier alpha value is -1.51. The van der Waals surface area contributed by atoms with E-state index in [1.165, 1.54) is 0 Å². The molecule has 0 aliphatic heterocycles. The van der Waals surface area contributed by atoms with Gasteiger partial charge in [-0.2, -0.15) is 0 Å². The van der Waals surface area contributed by atoms with Crippen LogP contribution in [0.5, 0.6) is 0 Å². The number of esters is 1. The van der Waals surface area contributed by atoms with Crippen LogP contribution in [0.2, 0.25) is 0 Å². The van der Waals surface area contributed by atoms with Crippen molar-refractivity contribution in [2.45, 2.75) is 19.3 Å². The number of carbonyl (C=O) groups is 1. The smallest absolute Gasteiger partial charge is 0.313 e. The van der Waals surface area contributed by atoms with Gasteiger partial charge in [-0.1, -0.05) is 12.1 Å². The summed E-state index contributed by atoms with van der Waals surface area (Å²) in [5, 5.41) is 0. The number of anilines is 1. The molecule has 0 aromatic heterocycles. The highest BCUT2D eigenvalue weighted by atomic mass is 16.5. The number of nitrogen functional groups attached to an aromatic ring is 1. The average molecular weight is 191 g/mol. The van der Waals surface area contributed by atoms with Crippen molar-refractivity contribution in [1.29, 1.82) is 0 Å². The lowest BCUT2D eigenvalue weighted by Crippen LogP contribution is -2.27. The van der Waals surface area contributed by atoms with Crippen molar-refractivity contribution in [3.63, 3.8) is 0 Å². The number of fused-ring (bicyclic) bond motifs is 1. The molecule has 74 valence electrons. The first kappa shape index (κ1) is 9.06. The van der Waals surface area contributed by atoms with E-state index in [1.54, 1.807) is 0 Å². The first-order valence-corrected chi connectivity index (χ1v) is 4.78. The van der Waals surface area contributed by atoms with Crippen LogP contribution >= 0.6 is 0 Å². The SMILES string of the molecule is CCOC(=O)C1Cc2c(N)cccc21. The molecule has 1 aromatic carbocycles. The Morgan fingerprint density at radius 3 is 3.14 bits per heavy atom. The van der Waals surface area contributed by atoms with E-state index in [4.69, 9.17) is 10.5 Å². The standard InChI is InChI=1S/C11H13NO2/c1-2-14-11(13)9-6-8-7(9)4-3-5-10(8)12/h3-5,9H,2,6,12H2,1H3. The van der Waals surface area contributed by atoms with Crippen LogP contribution in [0.3, 0.4) is 0 Å². The third kappa shape index (κ3) is 1.25. The lowest BCUT2D eigenvalue weighted by atomic mass is 9.77. The van der Waals surface area contributed by atoms with Crippen molar-refractivity contribution in [3.8, 4) is 0 Å². The van der Waals surface area contributed by atoms with Gasteiger partial charge in [-0.3, -0.25) is 4.79 Å². The zero-order valence-corrected chi connectivity index (χ0v) is 8.12. The lowest BCUT2D eigenvalue weighted by Gasteiger charge is -2.29. The summed E-state index contributed by atoms with van der Waals surface area (Å²) in [5.74, 6) is -0.223. The van der Waals surface area contributed by atoms with Gasteiger partial charge in [0.05, 0.1) is 12.5 Å². The van der Waals surface area contributed by atoms with Crippen LogP contribution < -0.4 is 5.73 Å². The Labute approximate surface area is 82.9 Å². The number of rotatable bonds is 2. The number of nitrogens with two attached hydrogens (primary N) is 1. The van der Waals surface area contributed by atoms with E-state index in [0.29, 0.717) is 6.61 Å². The van der Waals surface area contributed by atoms with Crippen molar-refractivity contribution in [2.24, 2.45) is 0 Å². The van der Waals surface area contributed by atoms with Crippen LogP contribution in [0, 0.1) is 0 Å². The van der Waals surface area contributed by atoms with Gasteiger partial charge in [-0.25, -0.2) is 0 Å². The second-order valence-electron chi connectivity index (χ2n) is 3.42. The van der Waals surface area contributed by atoms with Crippen LogP contribution in [-0.4, -0.2) is 12.6 Å². The Morgan fingerprint density at radius 2 is 2.43 bits per heavy atom. The molecule has 2 rings (SSSR count). The van der Waals surface area contributed by atoms with Crippen LogP contribution in [0.15, 0.2) is 18.2 Å². The van der Waals surface area contributed by atoms with Gasteiger partial charge in [0.15, 0.2) is 0 Å². The second kappa shape index (κ2) is 3.33. The van der Waals surface area contributed by atoms with Crippen LogP contribution in [0.1, 0.15) is 24.0 Å². The zero-order valence-electron chi connectivity index (χ0n) is 8.12. The third-order valence-corrected chi connectivity index (χ3v) is 2.60. The van der Waals surface area contributed by atoms with E-state index >= 15 is 0 Å². The fraction of sp³-hybridized carbons (Fsp3) is 0.364. The van der Waals surface area contributed by atoms with Gasteiger partial charge in [0, 0.05) is 5.69 Å². The molecule has 1 atom stereocenters. The minimum atomic E-state index is -0.134. The summed E-state index contributed by atoms with van der Waals surface area (Å²) in [6, 6.07) is 5.68. The summed E-state index contributed by atoms with van der Waals surface area (Å²) in [6.45, 7) is 2.25. The Morgan fingerprint density at radius 1 is 1.64 bits per heavy atom. The molecule has 1 aliphatic rings. The van der Waals surface area contributed by atoms with Gasteiger partial charge in [0.2, 0.25) is 0 Å². The number of ether oxygens (including phenoxy) is 1. The summed E-state index contributed by atoms with van der Waals surface area (Å²) >= 11 is 0. The maximum atomic E-state index is 11.4. The first-order chi connectivity index (χ1) is 6.74. The lowest BCUT2D eigenvalue weighted by molar-refractivity contribution is -0.145. The molecular weight excluding hydrogens is 178 g/mol. The molecule has 0 heterocycles. The van der Waals surface area contributed by atoms with Gasteiger partial charge in [0.1, 0.15) is 0 Å². The van der Waals surface area contributed by atoms with E-state index in [-0.39, 0.29) is 11.9 Å². The Kier molecular flexibility index (Phi) is 2.15. The van der Waals surface area contributed by atoms with Gasteiger partial charge >= 0.3 is 5.97 Å². The summed E-state index contributed by atoms with van der Waals surface area (Å²) in [7, 11) is 0. The second-order valence-corrected chi connectivity index (χ2v) is 3.42. The zero-order chi connectivity index (χ0) is 10.1. The highest BCUT2D eigenvalue weighted by molar-refractivity contribution is 5.83. The number of hydrogen-bond acceptors (Lipinski definition) is 3.